The summed E-state index contributed by atoms with van der Waals surface area (Å²) in [5.41, 5.74) is 0.578. The number of rotatable bonds is 7. The van der Waals surface area contributed by atoms with Crippen molar-refractivity contribution < 1.29 is 14.3 Å². The number of unbranched alkanes of at least 4 members (excludes halogenated alkanes) is 1. The summed E-state index contributed by atoms with van der Waals surface area (Å²) in [7, 11) is 1.59. The molecule has 7 heteroatoms. The van der Waals surface area contributed by atoms with Crippen LogP contribution in [-0.4, -0.2) is 43.1 Å². The van der Waals surface area contributed by atoms with Crippen molar-refractivity contribution in [1.82, 2.24) is 4.90 Å². The van der Waals surface area contributed by atoms with Crippen LogP contribution in [0, 0.1) is 11.3 Å². The van der Waals surface area contributed by atoms with E-state index in [1.165, 1.54) is 0 Å². The van der Waals surface area contributed by atoms with Crippen molar-refractivity contribution >= 4 is 17.3 Å². The number of ether oxygens (including phenoxy) is 2. The molecule has 1 unspecified atom stereocenters. The summed E-state index contributed by atoms with van der Waals surface area (Å²) >= 11 is 0. The Balaban J connectivity index is 2.41. The number of carbonyl (C=O) groups is 1. The molecule has 0 N–H and O–H groups in total. The zero-order valence-electron chi connectivity index (χ0n) is 14.2. The fourth-order valence-electron chi connectivity index (χ4n) is 2.41. The molecule has 1 aromatic carbocycles. The summed E-state index contributed by atoms with van der Waals surface area (Å²) in [4.78, 5) is 14.0. The van der Waals surface area contributed by atoms with Crippen molar-refractivity contribution in [3.05, 3.63) is 24.3 Å². The Kier molecular flexibility index (Phi) is 6.15. The highest BCUT2D eigenvalue weighted by Crippen LogP contribution is 2.26. The van der Waals surface area contributed by atoms with E-state index < -0.39 is 12.3 Å². The normalized spacial score (nSPS) is 17.5. The Morgan fingerprint density at radius 2 is 2.00 bits per heavy atom. The van der Waals surface area contributed by atoms with E-state index >= 15 is 0 Å². The summed E-state index contributed by atoms with van der Waals surface area (Å²) in [5, 5.41) is 15.0. The molecule has 0 fully saturated rings. The fourth-order valence-corrected chi connectivity index (χ4v) is 2.41. The minimum absolute atomic E-state index is 0.141. The second-order valence-corrected chi connectivity index (χ2v) is 5.24. The topological polar surface area (TPSA) is 78.2 Å². The van der Waals surface area contributed by atoms with Crippen molar-refractivity contribution in [2.24, 2.45) is 5.10 Å². The molecular formula is C17H22N4O3. The Morgan fingerprint density at radius 3 is 2.54 bits per heavy atom. The van der Waals surface area contributed by atoms with Crippen LogP contribution in [0.25, 0.3) is 0 Å². The molecular weight excluding hydrogens is 308 g/mol. The van der Waals surface area contributed by atoms with Crippen molar-refractivity contribution in [3.63, 3.8) is 0 Å². The molecule has 0 saturated carbocycles. The van der Waals surface area contributed by atoms with Crippen molar-refractivity contribution in [1.29, 1.82) is 5.26 Å². The average molecular weight is 330 g/mol. The van der Waals surface area contributed by atoms with Crippen LogP contribution >= 0.6 is 0 Å². The first-order valence-corrected chi connectivity index (χ1v) is 8.00. The molecule has 1 atom stereocenters. The number of amides is 1. The molecule has 0 saturated heterocycles. The predicted octanol–water partition coefficient (Wildman–Crippen LogP) is 2.34. The summed E-state index contributed by atoms with van der Waals surface area (Å²) in [6, 6.07) is 9.11. The van der Waals surface area contributed by atoms with Crippen LogP contribution < -0.4 is 9.75 Å². The van der Waals surface area contributed by atoms with E-state index in [0.29, 0.717) is 18.9 Å². The third kappa shape index (κ3) is 3.66. The summed E-state index contributed by atoms with van der Waals surface area (Å²) in [6.45, 7) is 4.83. The molecule has 1 amide bonds. The van der Waals surface area contributed by atoms with Crippen molar-refractivity contribution in [2.45, 2.75) is 33.0 Å². The first-order valence-electron chi connectivity index (χ1n) is 8.00. The second kappa shape index (κ2) is 8.31. The van der Waals surface area contributed by atoms with Gasteiger partial charge in [0.2, 0.25) is 12.1 Å². The van der Waals surface area contributed by atoms with Gasteiger partial charge in [0.25, 0.3) is 5.91 Å². The van der Waals surface area contributed by atoms with Gasteiger partial charge in [0, 0.05) is 13.2 Å². The summed E-state index contributed by atoms with van der Waals surface area (Å²) in [5.74, 6) is 0.321. The molecule has 0 aromatic heterocycles. The molecule has 0 spiro atoms. The van der Waals surface area contributed by atoms with Crippen LogP contribution in [0.4, 0.5) is 5.69 Å². The quantitative estimate of drug-likeness (QED) is 0.767. The predicted molar refractivity (Wildman–Crippen MR) is 90.6 cm³/mol. The van der Waals surface area contributed by atoms with Gasteiger partial charge in [-0.2, -0.15) is 10.4 Å². The van der Waals surface area contributed by atoms with Crippen LogP contribution in [-0.2, 0) is 9.53 Å². The molecule has 7 nitrogen and oxygen atoms in total. The van der Waals surface area contributed by atoms with Gasteiger partial charge in [0.15, 0.2) is 0 Å². The fraction of sp³-hybridized carbons (Fsp3) is 0.471. The lowest BCUT2D eigenvalue weighted by atomic mass is 10.2. The highest BCUT2D eigenvalue weighted by molar-refractivity contribution is 6.45. The van der Waals surface area contributed by atoms with Gasteiger partial charge < -0.3 is 9.47 Å². The maximum absolute atomic E-state index is 12.5. The Hall–Kier alpha value is -2.59. The van der Waals surface area contributed by atoms with Gasteiger partial charge in [-0.1, -0.05) is 13.3 Å². The molecule has 1 aromatic rings. The standard InChI is InChI=1S/C17H22N4O3/c1-4-6-11-20-16(22)15(12-18)19-21(17(20)24-5-2)13-7-9-14(23-3)10-8-13/h7-10,17H,4-6,11H2,1-3H3. The number of hydrazone groups is 1. The first kappa shape index (κ1) is 17.8. The lowest BCUT2D eigenvalue weighted by Crippen LogP contribution is -2.57. The van der Waals surface area contributed by atoms with E-state index in [1.54, 1.807) is 29.2 Å². The second-order valence-electron chi connectivity index (χ2n) is 5.24. The van der Waals surface area contributed by atoms with Gasteiger partial charge in [-0.25, -0.2) is 5.01 Å². The van der Waals surface area contributed by atoms with E-state index in [1.807, 2.05) is 32.0 Å². The molecule has 128 valence electrons. The van der Waals surface area contributed by atoms with Crippen LogP contribution in [0.2, 0.25) is 0 Å². The molecule has 0 bridgehead atoms. The molecule has 24 heavy (non-hydrogen) atoms. The van der Waals surface area contributed by atoms with Crippen molar-refractivity contribution in [2.75, 3.05) is 25.3 Å². The van der Waals surface area contributed by atoms with E-state index in [4.69, 9.17) is 9.47 Å². The van der Waals surface area contributed by atoms with Gasteiger partial charge in [-0.3, -0.25) is 9.69 Å². The van der Waals surface area contributed by atoms with Crippen LogP contribution in [0.5, 0.6) is 5.75 Å². The van der Waals surface area contributed by atoms with E-state index in [-0.39, 0.29) is 5.71 Å². The molecule has 1 heterocycles. The smallest absolute Gasteiger partial charge is 0.288 e. The largest absolute Gasteiger partial charge is 0.497 e. The zero-order chi connectivity index (χ0) is 17.5. The number of hydrogen-bond acceptors (Lipinski definition) is 6. The van der Waals surface area contributed by atoms with Gasteiger partial charge in [0.05, 0.1) is 12.8 Å². The van der Waals surface area contributed by atoms with Crippen LogP contribution in [0.1, 0.15) is 26.7 Å². The monoisotopic (exact) mass is 330 g/mol. The highest BCUT2D eigenvalue weighted by Gasteiger charge is 2.37. The number of methoxy groups -OCH3 is 1. The Morgan fingerprint density at radius 1 is 1.29 bits per heavy atom. The molecule has 1 aliphatic heterocycles. The van der Waals surface area contributed by atoms with Gasteiger partial charge in [-0.15, -0.1) is 0 Å². The van der Waals surface area contributed by atoms with Crippen LogP contribution in [0.3, 0.4) is 0 Å². The Labute approximate surface area is 142 Å². The van der Waals surface area contributed by atoms with Gasteiger partial charge >= 0.3 is 0 Å². The molecule has 0 aliphatic carbocycles. The number of hydrogen-bond donors (Lipinski definition) is 0. The summed E-state index contributed by atoms with van der Waals surface area (Å²) < 4.78 is 10.9. The molecule has 1 aliphatic rings. The number of benzene rings is 1. The van der Waals surface area contributed by atoms with Crippen LogP contribution in [0.15, 0.2) is 29.4 Å². The lowest BCUT2D eigenvalue weighted by molar-refractivity contribution is -0.140. The number of anilines is 1. The maximum Gasteiger partial charge on any atom is 0.288 e. The highest BCUT2D eigenvalue weighted by atomic mass is 16.5. The molecule has 0 radical (unpaired) electrons. The van der Waals surface area contributed by atoms with Gasteiger partial charge in [-0.05, 0) is 37.6 Å². The minimum Gasteiger partial charge on any atom is -0.497 e. The van der Waals surface area contributed by atoms with Crippen molar-refractivity contribution in [3.8, 4) is 11.8 Å². The number of nitriles is 1. The average Bonchev–Trinajstić information content (AvgIpc) is 2.62. The SMILES string of the molecule is CCCCN1C(=O)C(C#N)=NN(c2ccc(OC)cc2)C1OCC. The third-order valence-electron chi connectivity index (χ3n) is 3.66. The number of nitrogens with zero attached hydrogens (tertiary/aromatic N) is 4. The third-order valence-corrected chi connectivity index (χ3v) is 3.66. The first-order chi connectivity index (χ1) is 11.7. The zero-order valence-corrected chi connectivity index (χ0v) is 14.2. The van der Waals surface area contributed by atoms with E-state index in [2.05, 4.69) is 5.10 Å². The maximum atomic E-state index is 12.5. The molecule has 2 rings (SSSR count). The lowest BCUT2D eigenvalue weighted by Gasteiger charge is -2.40. The van der Waals surface area contributed by atoms with E-state index in [0.717, 1.165) is 18.5 Å². The minimum atomic E-state index is -0.667. The van der Waals surface area contributed by atoms with E-state index in [9.17, 15) is 10.1 Å². The van der Waals surface area contributed by atoms with Gasteiger partial charge in [0.1, 0.15) is 11.8 Å². The number of carbonyl (C=O) groups excluding carboxylic acids is 1. The Bertz CT molecular complexity index is 636. The summed E-state index contributed by atoms with van der Waals surface area (Å²) in [6.07, 6.45) is 1.09.